The summed E-state index contributed by atoms with van der Waals surface area (Å²) in [6, 6.07) is 7.90. The first-order chi connectivity index (χ1) is 7.70. The van der Waals surface area contributed by atoms with Crippen LogP contribution in [0.5, 0.6) is 0 Å². The highest BCUT2D eigenvalue weighted by molar-refractivity contribution is 9.10. The average Bonchev–Trinajstić information content (AvgIpc) is 2.25. The standard InChI is InChI=1S/C12H15BrO3/c13-11-6-2-1-5-10(11)9-16-8-4-3-7-12(14)15/h1-2,5-6H,3-4,7-9H2,(H,14,15). The van der Waals surface area contributed by atoms with Crippen molar-refractivity contribution in [3.8, 4) is 0 Å². The summed E-state index contributed by atoms with van der Waals surface area (Å²) in [6.07, 6.45) is 1.68. The molecule has 88 valence electrons. The maximum atomic E-state index is 10.3. The molecule has 1 rings (SSSR count). The maximum absolute atomic E-state index is 10.3. The largest absolute Gasteiger partial charge is 0.481 e. The van der Waals surface area contributed by atoms with Crippen LogP contribution in [-0.2, 0) is 16.1 Å². The molecule has 0 fully saturated rings. The molecule has 0 amide bonds. The Kier molecular flexibility index (Phi) is 6.11. The zero-order valence-electron chi connectivity index (χ0n) is 8.99. The minimum Gasteiger partial charge on any atom is -0.481 e. The zero-order valence-corrected chi connectivity index (χ0v) is 10.6. The van der Waals surface area contributed by atoms with Gasteiger partial charge in [-0.3, -0.25) is 4.79 Å². The lowest BCUT2D eigenvalue weighted by Crippen LogP contribution is -1.99. The number of halogens is 1. The number of carboxylic acid groups (broad SMARTS) is 1. The third-order valence-corrected chi connectivity index (χ3v) is 2.92. The van der Waals surface area contributed by atoms with E-state index in [-0.39, 0.29) is 6.42 Å². The minimum atomic E-state index is -0.745. The molecule has 16 heavy (non-hydrogen) atoms. The molecule has 1 N–H and O–H groups in total. The minimum absolute atomic E-state index is 0.221. The van der Waals surface area contributed by atoms with Gasteiger partial charge in [0, 0.05) is 17.5 Å². The Morgan fingerprint density at radius 3 is 2.75 bits per heavy atom. The normalized spacial score (nSPS) is 10.3. The van der Waals surface area contributed by atoms with Gasteiger partial charge in [0.05, 0.1) is 6.61 Å². The second-order valence-electron chi connectivity index (χ2n) is 3.49. The van der Waals surface area contributed by atoms with E-state index in [2.05, 4.69) is 15.9 Å². The lowest BCUT2D eigenvalue weighted by Gasteiger charge is -2.05. The van der Waals surface area contributed by atoms with Crippen molar-refractivity contribution in [1.82, 2.24) is 0 Å². The molecule has 0 bridgehead atoms. The van der Waals surface area contributed by atoms with E-state index in [9.17, 15) is 4.79 Å². The number of carboxylic acids is 1. The predicted molar refractivity (Wildman–Crippen MR) is 65.3 cm³/mol. The molecule has 0 atom stereocenters. The van der Waals surface area contributed by atoms with Crippen molar-refractivity contribution in [2.24, 2.45) is 0 Å². The SMILES string of the molecule is O=C(O)CCCCOCc1ccccc1Br. The van der Waals surface area contributed by atoms with E-state index < -0.39 is 5.97 Å². The molecule has 0 aromatic heterocycles. The molecular formula is C12H15BrO3. The summed E-state index contributed by atoms with van der Waals surface area (Å²) < 4.78 is 6.50. The topological polar surface area (TPSA) is 46.5 Å². The van der Waals surface area contributed by atoms with Gasteiger partial charge in [0.15, 0.2) is 0 Å². The lowest BCUT2D eigenvalue weighted by atomic mass is 10.2. The summed E-state index contributed by atoms with van der Waals surface area (Å²) in [7, 11) is 0. The smallest absolute Gasteiger partial charge is 0.303 e. The first-order valence-electron chi connectivity index (χ1n) is 5.23. The zero-order chi connectivity index (χ0) is 11.8. The Hall–Kier alpha value is -0.870. The Labute approximate surface area is 104 Å². The fourth-order valence-electron chi connectivity index (χ4n) is 1.28. The Morgan fingerprint density at radius 2 is 2.06 bits per heavy atom. The molecule has 0 unspecified atom stereocenters. The summed E-state index contributed by atoms with van der Waals surface area (Å²) in [5.74, 6) is -0.745. The number of ether oxygens (including phenoxy) is 1. The van der Waals surface area contributed by atoms with Crippen molar-refractivity contribution in [2.45, 2.75) is 25.9 Å². The first-order valence-corrected chi connectivity index (χ1v) is 6.02. The number of unbranched alkanes of at least 4 members (excludes halogenated alkanes) is 1. The van der Waals surface area contributed by atoms with Crippen LogP contribution in [0, 0.1) is 0 Å². The van der Waals surface area contributed by atoms with Gasteiger partial charge in [0.1, 0.15) is 0 Å². The van der Waals surface area contributed by atoms with Crippen molar-refractivity contribution < 1.29 is 14.6 Å². The molecule has 0 aliphatic carbocycles. The van der Waals surface area contributed by atoms with Gasteiger partial charge in [0.25, 0.3) is 0 Å². The molecule has 0 radical (unpaired) electrons. The molecular weight excluding hydrogens is 272 g/mol. The fraction of sp³-hybridized carbons (Fsp3) is 0.417. The van der Waals surface area contributed by atoms with Crippen LogP contribution in [0.15, 0.2) is 28.7 Å². The van der Waals surface area contributed by atoms with Crippen LogP contribution in [0.25, 0.3) is 0 Å². The van der Waals surface area contributed by atoms with E-state index in [4.69, 9.17) is 9.84 Å². The number of rotatable bonds is 7. The summed E-state index contributed by atoms with van der Waals surface area (Å²) in [4.78, 5) is 10.3. The summed E-state index contributed by atoms with van der Waals surface area (Å²) in [5, 5.41) is 8.44. The third-order valence-electron chi connectivity index (χ3n) is 2.14. The van der Waals surface area contributed by atoms with Crippen LogP contribution < -0.4 is 0 Å². The van der Waals surface area contributed by atoms with Gasteiger partial charge in [0.2, 0.25) is 0 Å². The van der Waals surface area contributed by atoms with Crippen molar-refractivity contribution in [2.75, 3.05) is 6.61 Å². The molecule has 0 spiro atoms. The number of carbonyl (C=O) groups is 1. The van der Waals surface area contributed by atoms with E-state index >= 15 is 0 Å². The first kappa shape index (κ1) is 13.2. The molecule has 3 nitrogen and oxygen atoms in total. The van der Waals surface area contributed by atoms with Gasteiger partial charge in [-0.15, -0.1) is 0 Å². The predicted octanol–water partition coefficient (Wildman–Crippen LogP) is 3.22. The van der Waals surface area contributed by atoms with Gasteiger partial charge in [-0.2, -0.15) is 0 Å². The quantitative estimate of drug-likeness (QED) is 0.783. The molecule has 4 heteroatoms. The van der Waals surface area contributed by atoms with Gasteiger partial charge >= 0.3 is 5.97 Å². The summed E-state index contributed by atoms with van der Waals surface area (Å²) >= 11 is 3.44. The number of hydrogen-bond acceptors (Lipinski definition) is 2. The Morgan fingerprint density at radius 1 is 1.31 bits per heavy atom. The molecule has 0 heterocycles. The van der Waals surface area contributed by atoms with Gasteiger partial charge < -0.3 is 9.84 Å². The number of hydrogen-bond donors (Lipinski definition) is 1. The van der Waals surface area contributed by atoms with Crippen molar-refractivity contribution >= 4 is 21.9 Å². The highest BCUT2D eigenvalue weighted by Crippen LogP contribution is 2.16. The van der Waals surface area contributed by atoms with Crippen LogP contribution in [0.1, 0.15) is 24.8 Å². The van der Waals surface area contributed by atoms with Crippen LogP contribution >= 0.6 is 15.9 Å². The van der Waals surface area contributed by atoms with Crippen molar-refractivity contribution in [3.05, 3.63) is 34.3 Å². The van der Waals surface area contributed by atoms with E-state index in [0.29, 0.717) is 19.6 Å². The number of benzene rings is 1. The van der Waals surface area contributed by atoms with Crippen LogP contribution in [0.2, 0.25) is 0 Å². The van der Waals surface area contributed by atoms with E-state index in [1.807, 2.05) is 24.3 Å². The summed E-state index contributed by atoms with van der Waals surface area (Å²) in [5.41, 5.74) is 1.11. The van der Waals surface area contributed by atoms with Gasteiger partial charge in [-0.25, -0.2) is 0 Å². The molecule has 0 aliphatic heterocycles. The Bertz CT molecular complexity index is 339. The molecule has 0 aliphatic rings. The van der Waals surface area contributed by atoms with Crippen LogP contribution in [0.4, 0.5) is 0 Å². The lowest BCUT2D eigenvalue weighted by molar-refractivity contribution is -0.137. The second kappa shape index (κ2) is 7.41. The highest BCUT2D eigenvalue weighted by Gasteiger charge is 1.99. The Balaban J connectivity index is 2.12. The van der Waals surface area contributed by atoms with E-state index in [1.54, 1.807) is 0 Å². The number of aliphatic carboxylic acids is 1. The van der Waals surface area contributed by atoms with Crippen molar-refractivity contribution in [1.29, 1.82) is 0 Å². The third kappa shape index (κ3) is 5.28. The fourth-order valence-corrected chi connectivity index (χ4v) is 1.68. The molecule has 0 saturated heterocycles. The van der Waals surface area contributed by atoms with Crippen molar-refractivity contribution in [3.63, 3.8) is 0 Å². The van der Waals surface area contributed by atoms with Gasteiger partial charge in [-0.05, 0) is 24.5 Å². The average molecular weight is 287 g/mol. The molecule has 1 aromatic carbocycles. The van der Waals surface area contributed by atoms with Crippen LogP contribution in [-0.4, -0.2) is 17.7 Å². The monoisotopic (exact) mass is 286 g/mol. The van der Waals surface area contributed by atoms with Crippen LogP contribution in [0.3, 0.4) is 0 Å². The van der Waals surface area contributed by atoms with Gasteiger partial charge in [-0.1, -0.05) is 34.1 Å². The van der Waals surface area contributed by atoms with E-state index in [0.717, 1.165) is 16.5 Å². The van der Waals surface area contributed by atoms with E-state index in [1.165, 1.54) is 0 Å². The highest BCUT2D eigenvalue weighted by atomic mass is 79.9. The maximum Gasteiger partial charge on any atom is 0.303 e. The second-order valence-corrected chi connectivity index (χ2v) is 4.35. The molecule has 0 saturated carbocycles. The molecule has 1 aromatic rings. The summed E-state index contributed by atoms with van der Waals surface area (Å²) in [6.45, 7) is 1.17.